The Bertz CT molecular complexity index is 789. The summed E-state index contributed by atoms with van der Waals surface area (Å²) >= 11 is 1.18. The van der Waals surface area contributed by atoms with E-state index in [4.69, 9.17) is 4.74 Å². The zero-order chi connectivity index (χ0) is 19.9. The van der Waals surface area contributed by atoms with Crippen LogP contribution in [0.15, 0.2) is 17.3 Å². The predicted octanol–water partition coefficient (Wildman–Crippen LogP) is 2.39. The predicted molar refractivity (Wildman–Crippen MR) is 97.1 cm³/mol. The van der Waals surface area contributed by atoms with Crippen LogP contribution in [0.4, 0.5) is 0 Å². The lowest BCUT2D eigenvalue weighted by atomic mass is 9.77. The summed E-state index contributed by atoms with van der Waals surface area (Å²) in [5.41, 5.74) is -3.55. The van der Waals surface area contributed by atoms with Gasteiger partial charge in [-0.1, -0.05) is 0 Å². The summed E-state index contributed by atoms with van der Waals surface area (Å²) in [6, 6.07) is 1.43. The summed E-state index contributed by atoms with van der Waals surface area (Å²) in [6.45, 7) is 7.78. The highest BCUT2D eigenvalue weighted by Gasteiger charge is 2.46. The normalized spacial score (nSPS) is 20.6. The molecule has 2 heterocycles. The number of pyridine rings is 1. The van der Waals surface area contributed by atoms with Gasteiger partial charge in [0.05, 0.1) is 0 Å². The van der Waals surface area contributed by atoms with Crippen molar-refractivity contribution in [2.75, 3.05) is 5.75 Å². The minimum atomic E-state index is -1.28. The molecule has 0 spiro atoms. The summed E-state index contributed by atoms with van der Waals surface area (Å²) < 4.78 is 5.81. The summed E-state index contributed by atoms with van der Waals surface area (Å²) in [6.07, 6.45) is 1.40. The van der Waals surface area contributed by atoms with Gasteiger partial charge in [-0.3, -0.25) is 9.79 Å². The van der Waals surface area contributed by atoms with Gasteiger partial charge in [0.2, 0.25) is 0 Å². The number of aromatic nitrogens is 1. The SMILES string of the molecule is CC(C)(Oc1ccnc(C2=N[C@@](C)(C(=O)O)CS2)c1O)C(C)(C)C(=O)O. The third kappa shape index (κ3) is 3.35. The molecule has 0 saturated carbocycles. The molecule has 9 heteroatoms. The van der Waals surface area contributed by atoms with Gasteiger partial charge in [0.1, 0.15) is 21.8 Å². The van der Waals surface area contributed by atoms with Crippen molar-refractivity contribution in [2.45, 2.75) is 45.8 Å². The number of aliphatic carboxylic acids is 2. The van der Waals surface area contributed by atoms with Crippen LogP contribution in [0.3, 0.4) is 0 Å². The van der Waals surface area contributed by atoms with Crippen LogP contribution >= 0.6 is 11.8 Å². The molecule has 1 atom stereocenters. The van der Waals surface area contributed by atoms with Gasteiger partial charge < -0.3 is 20.1 Å². The smallest absolute Gasteiger partial charge is 0.332 e. The molecule has 1 aliphatic rings. The lowest BCUT2D eigenvalue weighted by Gasteiger charge is -2.38. The number of thioether (sulfide) groups is 1. The first-order valence-corrected chi connectivity index (χ1v) is 8.87. The molecule has 1 aromatic heterocycles. The first-order chi connectivity index (χ1) is 11.8. The van der Waals surface area contributed by atoms with Crippen LogP contribution in [0.2, 0.25) is 0 Å². The van der Waals surface area contributed by atoms with E-state index in [2.05, 4.69) is 9.98 Å². The number of ether oxygens (including phenoxy) is 1. The van der Waals surface area contributed by atoms with Crippen molar-refractivity contribution in [1.82, 2.24) is 4.98 Å². The zero-order valence-corrected chi connectivity index (χ0v) is 16.0. The van der Waals surface area contributed by atoms with Gasteiger partial charge in [-0.25, -0.2) is 9.78 Å². The molecule has 1 aromatic rings. The molecule has 0 amide bonds. The van der Waals surface area contributed by atoms with Crippen LogP contribution in [0.1, 0.15) is 40.3 Å². The second-order valence-electron chi connectivity index (χ2n) is 7.33. The lowest BCUT2D eigenvalue weighted by molar-refractivity contribution is -0.158. The van der Waals surface area contributed by atoms with Gasteiger partial charge in [-0.05, 0) is 34.6 Å². The minimum absolute atomic E-state index is 0.0570. The first kappa shape index (κ1) is 20.0. The molecular weight excluding hydrogens is 360 g/mol. The second-order valence-corrected chi connectivity index (χ2v) is 8.30. The lowest BCUT2D eigenvalue weighted by Crippen LogP contribution is -2.49. The van der Waals surface area contributed by atoms with E-state index in [9.17, 15) is 24.9 Å². The number of carbonyl (C=O) groups is 2. The average Bonchev–Trinajstić information content (AvgIpc) is 2.92. The fraction of sp³-hybridized carbons (Fsp3) is 0.529. The van der Waals surface area contributed by atoms with Crippen molar-refractivity contribution in [3.8, 4) is 11.5 Å². The van der Waals surface area contributed by atoms with E-state index < -0.39 is 28.5 Å². The Morgan fingerprint density at radius 2 is 1.88 bits per heavy atom. The van der Waals surface area contributed by atoms with E-state index in [1.165, 1.54) is 44.8 Å². The molecule has 0 saturated heterocycles. The van der Waals surface area contributed by atoms with Gasteiger partial charge in [0.15, 0.2) is 17.0 Å². The monoisotopic (exact) mass is 382 g/mol. The van der Waals surface area contributed by atoms with Crippen molar-refractivity contribution in [3.63, 3.8) is 0 Å². The number of nitrogens with zero attached hydrogens (tertiary/aromatic N) is 2. The Morgan fingerprint density at radius 3 is 2.38 bits per heavy atom. The molecule has 1 aliphatic heterocycles. The third-order valence-electron chi connectivity index (χ3n) is 4.79. The van der Waals surface area contributed by atoms with Crippen LogP contribution < -0.4 is 4.74 Å². The van der Waals surface area contributed by atoms with Gasteiger partial charge in [-0.2, -0.15) is 0 Å². The van der Waals surface area contributed by atoms with E-state index in [1.807, 2.05) is 0 Å². The summed E-state index contributed by atoms with van der Waals surface area (Å²) in [4.78, 5) is 31.1. The number of rotatable bonds is 6. The maximum absolute atomic E-state index is 11.5. The zero-order valence-electron chi connectivity index (χ0n) is 15.2. The van der Waals surface area contributed by atoms with Gasteiger partial charge in [0.25, 0.3) is 0 Å². The van der Waals surface area contributed by atoms with Crippen LogP contribution in [-0.4, -0.2) is 54.2 Å². The molecule has 0 radical (unpaired) electrons. The van der Waals surface area contributed by atoms with Crippen molar-refractivity contribution < 1.29 is 29.6 Å². The maximum Gasteiger partial charge on any atom is 0.332 e. The Balaban J connectivity index is 2.40. The first-order valence-electron chi connectivity index (χ1n) is 7.88. The summed E-state index contributed by atoms with van der Waals surface area (Å²) in [7, 11) is 0. The van der Waals surface area contributed by atoms with E-state index >= 15 is 0 Å². The fourth-order valence-corrected chi connectivity index (χ4v) is 3.22. The second kappa shape index (κ2) is 6.46. The van der Waals surface area contributed by atoms with E-state index in [0.717, 1.165) is 0 Å². The van der Waals surface area contributed by atoms with Crippen molar-refractivity contribution in [3.05, 3.63) is 18.0 Å². The third-order valence-corrected chi connectivity index (χ3v) is 6.06. The average molecular weight is 382 g/mol. The van der Waals surface area contributed by atoms with E-state index in [0.29, 0.717) is 5.04 Å². The molecule has 2 rings (SSSR count). The molecule has 26 heavy (non-hydrogen) atoms. The Labute approximate surface area is 155 Å². The molecule has 0 unspecified atom stereocenters. The largest absolute Gasteiger partial charge is 0.503 e. The molecule has 142 valence electrons. The van der Waals surface area contributed by atoms with Crippen molar-refractivity contribution >= 4 is 28.7 Å². The topological polar surface area (TPSA) is 129 Å². The van der Waals surface area contributed by atoms with Crippen LogP contribution in [0.25, 0.3) is 0 Å². The molecular formula is C17H22N2O6S. The number of hydrogen-bond acceptors (Lipinski definition) is 7. The number of carboxylic acid groups (broad SMARTS) is 2. The number of hydrogen-bond donors (Lipinski definition) is 3. The van der Waals surface area contributed by atoms with Gasteiger partial charge >= 0.3 is 11.9 Å². The Hall–Kier alpha value is -2.29. The fourth-order valence-electron chi connectivity index (χ4n) is 2.06. The van der Waals surface area contributed by atoms with E-state index in [1.54, 1.807) is 13.8 Å². The minimum Gasteiger partial charge on any atom is -0.503 e. The number of aromatic hydroxyl groups is 1. The highest BCUT2D eigenvalue weighted by molar-refractivity contribution is 8.14. The van der Waals surface area contributed by atoms with Gasteiger partial charge in [-0.15, -0.1) is 11.8 Å². The molecule has 8 nitrogen and oxygen atoms in total. The van der Waals surface area contributed by atoms with E-state index in [-0.39, 0.29) is 22.9 Å². The van der Waals surface area contributed by atoms with Crippen LogP contribution in [0, 0.1) is 5.41 Å². The van der Waals surface area contributed by atoms with Gasteiger partial charge in [0, 0.05) is 18.0 Å². The number of aliphatic imine (C=N–C) groups is 1. The summed E-state index contributed by atoms with van der Waals surface area (Å²) in [5.74, 6) is -2.12. The Kier molecular flexibility index (Phi) is 4.97. The highest BCUT2D eigenvalue weighted by Crippen LogP contribution is 2.41. The molecule has 0 aromatic carbocycles. The summed E-state index contributed by atoms with van der Waals surface area (Å²) in [5, 5.41) is 29.5. The molecule has 3 N–H and O–H groups in total. The van der Waals surface area contributed by atoms with Crippen LogP contribution in [-0.2, 0) is 9.59 Å². The standard InChI is InChI=1S/C17H22N2O6S/c1-15(2,13(21)22)16(3,4)25-9-6-7-18-10(11(9)20)12-19-17(5,8-26-12)14(23)24/h6-7,20H,8H2,1-5H3,(H,21,22)(H,23,24)/t17-/m1/s1. The van der Waals surface area contributed by atoms with Crippen molar-refractivity contribution in [2.24, 2.45) is 10.4 Å². The Morgan fingerprint density at radius 1 is 1.27 bits per heavy atom. The molecule has 0 fully saturated rings. The number of carboxylic acids is 2. The van der Waals surface area contributed by atoms with Crippen LogP contribution in [0.5, 0.6) is 11.5 Å². The molecule has 0 bridgehead atoms. The van der Waals surface area contributed by atoms with Crippen molar-refractivity contribution in [1.29, 1.82) is 0 Å². The quantitative estimate of drug-likeness (QED) is 0.684. The highest BCUT2D eigenvalue weighted by atomic mass is 32.2. The maximum atomic E-state index is 11.5. The molecule has 0 aliphatic carbocycles.